The Balaban J connectivity index is 1.64. The zero-order valence-electron chi connectivity index (χ0n) is 17.2. The summed E-state index contributed by atoms with van der Waals surface area (Å²) in [7, 11) is 6.26. The number of aliphatic imine (C=N–C) groups is 1. The molecule has 0 radical (unpaired) electrons. The SMILES string of the molecule is CN=C(NCCC(C)N(C)Cc1ccccc1)NCC(C)N(C)C1CC1. The molecule has 5 heteroatoms. The van der Waals surface area contributed by atoms with Gasteiger partial charge in [0.15, 0.2) is 5.96 Å². The Hall–Kier alpha value is -1.59. The van der Waals surface area contributed by atoms with E-state index in [1.165, 1.54) is 18.4 Å². The lowest BCUT2D eigenvalue weighted by Crippen LogP contribution is -2.46. The maximum absolute atomic E-state index is 4.35. The van der Waals surface area contributed by atoms with E-state index in [9.17, 15) is 0 Å². The van der Waals surface area contributed by atoms with Crippen LogP contribution in [0.1, 0.15) is 38.7 Å². The Morgan fingerprint density at radius 3 is 2.42 bits per heavy atom. The standard InChI is InChI=1S/C21H37N5/c1-17(25(4)16-19-9-7-6-8-10-19)13-14-23-21(22-3)24-15-18(2)26(5)20-11-12-20/h6-10,17-18,20H,11-16H2,1-5H3,(H2,22,23,24). The molecule has 1 aromatic rings. The van der Waals surface area contributed by atoms with Crippen LogP contribution in [0.3, 0.4) is 0 Å². The Kier molecular flexibility index (Phi) is 8.39. The average molecular weight is 360 g/mol. The van der Waals surface area contributed by atoms with Crippen molar-refractivity contribution in [2.75, 3.05) is 34.2 Å². The average Bonchev–Trinajstić information content (AvgIpc) is 3.49. The highest BCUT2D eigenvalue weighted by Crippen LogP contribution is 2.26. The number of nitrogens with one attached hydrogen (secondary N) is 2. The Bertz CT molecular complexity index is 541. The fourth-order valence-electron chi connectivity index (χ4n) is 3.10. The summed E-state index contributed by atoms with van der Waals surface area (Å²) in [6, 6.07) is 12.5. The quantitative estimate of drug-likeness (QED) is 0.498. The fraction of sp³-hybridized carbons (Fsp3) is 0.667. The van der Waals surface area contributed by atoms with Crippen molar-refractivity contribution < 1.29 is 0 Å². The second-order valence-electron chi connectivity index (χ2n) is 7.66. The molecule has 2 rings (SSSR count). The van der Waals surface area contributed by atoms with Gasteiger partial charge in [0.2, 0.25) is 0 Å². The number of guanidine groups is 1. The summed E-state index contributed by atoms with van der Waals surface area (Å²) in [6.07, 6.45) is 3.78. The number of hydrogen-bond acceptors (Lipinski definition) is 3. The lowest BCUT2D eigenvalue weighted by molar-refractivity contribution is 0.238. The first-order chi connectivity index (χ1) is 12.5. The van der Waals surface area contributed by atoms with Gasteiger partial charge in [0, 0.05) is 44.8 Å². The van der Waals surface area contributed by atoms with Gasteiger partial charge in [0.1, 0.15) is 0 Å². The largest absolute Gasteiger partial charge is 0.356 e. The Labute approximate surface area is 159 Å². The van der Waals surface area contributed by atoms with E-state index in [1.54, 1.807) is 0 Å². The molecular formula is C21H37N5. The summed E-state index contributed by atoms with van der Waals surface area (Å²) >= 11 is 0. The molecular weight excluding hydrogens is 322 g/mol. The molecule has 0 spiro atoms. The summed E-state index contributed by atoms with van der Waals surface area (Å²) in [4.78, 5) is 9.23. The van der Waals surface area contributed by atoms with Crippen molar-refractivity contribution in [1.82, 2.24) is 20.4 Å². The summed E-state index contributed by atoms with van der Waals surface area (Å²) in [6.45, 7) is 7.40. The molecule has 0 saturated heterocycles. The first kappa shape index (κ1) is 20.7. The van der Waals surface area contributed by atoms with Gasteiger partial charge in [0.05, 0.1) is 0 Å². The minimum Gasteiger partial charge on any atom is -0.356 e. The number of likely N-dealkylation sites (N-methyl/N-ethyl adjacent to an activating group) is 1. The van der Waals surface area contributed by atoms with Gasteiger partial charge in [-0.15, -0.1) is 0 Å². The van der Waals surface area contributed by atoms with E-state index in [0.717, 1.165) is 38.1 Å². The molecule has 1 aliphatic carbocycles. The van der Waals surface area contributed by atoms with Crippen LogP contribution in [0.4, 0.5) is 0 Å². The van der Waals surface area contributed by atoms with Crippen molar-refractivity contribution in [3.05, 3.63) is 35.9 Å². The second-order valence-corrected chi connectivity index (χ2v) is 7.66. The van der Waals surface area contributed by atoms with E-state index >= 15 is 0 Å². The predicted molar refractivity (Wildman–Crippen MR) is 112 cm³/mol. The monoisotopic (exact) mass is 359 g/mol. The van der Waals surface area contributed by atoms with Gasteiger partial charge in [-0.3, -0.25) is 14.8 Å². The highest BCUT2D eigenvalue weighted by molar-refractivity contribution is 5.79. The van der Waals surface area contributed by atoms with Crippen LogP contribution < -0.4 is 10.6 Å². The highest BCUT2D eigenvalue weighted by Gasteiger charge is 2.28. The van der Waals surface area contributed by atoms with E-state index in [4.69, 9.17) is 0 Å². The topological polar surface area (TPSA) is 42.9 Å². The van der Waals surface area contributed by atoms with Gasteiger partial charge in [-0.05, 0) is 52.8 Å². The van der Waals surface area contributed by atoms with E-state index in [2.05, 4.69) is 83.7 Å². The Morgan fingerprint density at radius 1 is 1.12 bits per heavy atom. The van der Waals surface area contributed by atoms with Crippen molar-refractivity contribution in [3.8, 4) is 0 Å². The van der Waals surface area contributed by atoms with Crippen LogP contribution in [0, 0.1) is 0 Å². The molecule has 1 aliphatic rings. The maximum Gasteiger partial charge on any atom is 0.191 e. The second kappa shape index (κ2) is 10.5. The van der Waals surface area contributed by atoms with E-state index in [-0.39, 0.29) is 0 Å². The molecule has 1 saturated carbocycles. The van der Waals surface area contributed by atoms with E-state index < -0.39 is 0 Å². The highest BCUT2D eigenvalue weighted by atomic mass is 15.2. The third kappa shape index (κ3) is 6.96. The minimum atomic E-state index is 0.515. The van der Waals surface area contributed by atoms with Crippen LogP contribution in [0.5, 0.6) is 0 Å². The molecule has 2 atom stereocenters. The third-order valence-corrected chi connectivity index (χ3v) is 5.49. The van der Waals surface area contributed by atoms with Gasteiger partial charge in [-0.2, -0.15) is 0 Å². The first-order valence-corrected chi connectivity index (χ1v) is 9.92. The van der Waals surface area contributed by atoms with Crippen LogP contribution in [-0.2, 0) is 6.54 Å². The van der Waals surface area contributed by atoms with Crippen LogP contribution in [0.15, 0.2) is 35.3 Å². The molecule has 26 heavy (non-hydrogen) atoms. The molecule has 2 unspecified atom stereocenters. The van der Waals surface area contributed by atoms with Crippen molar-refractivity contribution in [2.45, 2.75) is 57.8 Å². The number of hydrogen-bond donors (Lipinski definition) is 2. The molecule has 0 aromatic heterocycles. The molecule has 0 amide bonds. The van der Waals surface area contributed by atoms with Crippen molar-refractivity contribution >= 4 is 5.96 Å². The summed E-state index contributed by atoms with van der Waals surface area (Å²) < 4.78 is 0. The van der Waals surface area contributed by atoms with Gasteiger partial charge in [-0.1, -0.05) is 30.3 Å². The molecule has 0 aliphatic heterocycles. The normalized spacial score (nSPS) is 17.4. The van der Waals surface area contributed by atoms with Crippen molar-refractivity contribution in [3.63, 3.8) is 0 Å². The summed E-state index contributed by atoms with van der Waals surface area (Å²) in [5.41, 5.74) is 1.36. The predicted octanol–water partition coefficient (Wildman–Crippen LogP) is 2.54. The molecule has 0 bridgehead atoms. The maximum atomic E-state index is 4.35. The van der Waals surface area contributed by atoms with E-state index in [1.807, 2.05) is 7.05 Å². The molecule has 0 heterocycles. The van der Waals surface area contributed by atoms with Crippen LogP contribution in [0.25, 0.3) is 0 Å². The summed E-state index contributed by atoms with van der Waals surface area (Å²) in [5, 5.41) is 6.91. The summed E-state index contributed by atoms with van der Waals surface area (Å²) in [5.74, 6) is 0.902. The molecule has 1 fully saturated rings. The van der Waals surface area contributed by atoms with Crippen molar-refractivity contribution in [2.24, 2.45) is 4.99 Å². The smallest absolute Gasteiger partial charge is 0.191 e. The van der Waals surface area contributed by atoms with Crippen LogP contribution in [0.2, 0.25) is 0 Å². The number of nitrogens with zero attached hydrogens (tertiary/aromatic N) is 3. The zero-order chi connectivity index (χ0) is 18.9. The fourth-order valence-corrected chi connectivity index (χ4v) is 3.10. The molecule has 2 N–H and O–H groups in total. The first-order valence-electron chi connectivity index (χ1n) is 9.92. The van der Waals surface area contributed by atoms with Crippen LogP contribution >= 0.6 is 0 Å². The van der Waals surface area contributed by atoms with Crippen LogP contribution in [-0.4, -0.2) is 68.1 Å². The van der Waals surface area contributed by atoms with Crippen molar-refractivity contribution in [1.29, 1.82) is 0 Å². The van der Waals surface area contributed by atoms with Gasteiger partial charge >= 0.3 is 0 Å². The molecule has 146 valence electrons. The third-order valence-electron chi connectivity index (χ3n) is 5.49. The Morgan fingerprint density at radius 2 is 1.81 bits per heavy atom. The molecule has 5 nitrogen and oxygen atoms in total. The zero-order valence-corrected chi connectivity index (χ0v) is 17.2. The minimum absolute atomic E-state index is 0.515. The van der Waals surface area contributed by atoms with Gasteiger partial charge in [-0.25, -0.2) is 0 Å². The molecule has 1 aromatic carbocycles. The van der Waals surface area contributed by atoms with Gasteiger partial charge < -0.3 is 10.6 Å². The number of benzene rings is 1. The van der Waals surface area contributed by atoms with E-state index in [0.29, 0.717) is 12.1 Å². The van der Waals surface area contributed by atoms with Gasteiger partial charge in [0.25, 0.3) is 0 Å². The number of rotatable bonds is 10. The lowest BCUT2D eigenvalue weighted by Gasteiger charge is -2.26. The lowest BCUT2D eigenvalue weighted by atomic mass is 10.1.